The monoisotopic (exact) mass is 335 g/mol. The van der Waals surface area contributed by atoms with Gasteiger partial charge in [0.1, 0.15) is 6.61 Å². The molecule has 6 heteroatoms. The lowest BCUT2D eigenvalue weighted by Gasteiger charge is -2.14. The first-order chi connectivity index (χ1) is 11.4. The summed E-state index contributed by atoms with van der Waals surface area (Å²) in [5.74, 6) is -0.516. The lowest BCUT2D eigenvalue weighted by molar-refractivity contribution is -0.142. The third kappa shape index (κ3) is 7.46. The lowest BCUT2D eigenvalue weighted by atomic mass is 10.1. The first-order valence-electron chi connectivity index (χ1n) is 8.37. The molecular weight excluding hydrogens is 306 g/mol. The molecule has 1 amide bonds. The molecule has 0 bridgehead atoms. The number of unbranched alkanes of at least 4 members (excludes halogenated alkanes) is 1. The second-order valence-corrected chi connectivity index (χ2v) is 5.99. The number of benzene rings is 1. The molecule has 0 spiro atoms. The summed E-state index contributed by atoms with van der Waals surface area (Å²) in [6, 6.07) is 5.56. The van der Waals surface area contributed by atoms with E-state index in [1.165, 1.54) is 6.92 Å². The predicted molar refractivity (Wildman–Crippen MR) is 96.2 cm³/mol. The van der Waals surface area contributed by atoms with Crippen LogP contribution in [0, 0.1) is 0 Å². The van der Waals surface area contributed by atoms with Crippen LogP contribution in [0.4, 0.5) is 5.69 Å². The van der Waals surface area contributed by atoms with E-state index in [4.69, 9.17) is 4.74 Å². The third-order valence-corrected chi connectivity index (χ3v) is 3.49. The molecule has 0 aliphatic carbocycles. The Morgan fingerprint density at radius 2 is 1.96 bits per heavy atom. The molecule has 0 saturated heterocycles. The second-order valence-electron chi connectivity index (χ2n) is 5.99. The van der Waals surface area contributed by atoms with Crippen LogP contribution in [0.25, 0.3) is 0 Å². The average molecular weight is 335 g/mol. The zero-order valence-electron chi connectivity index (χ0n) is 15.1. The first kappa shape index (κ1) is 20.0. The van der Waals surface area contributed by atoms with Gasteiger partial charge in [0.15, 0.2) is 0 Å². The van der Waals surface area contributed by atoms with Crippen LogP contribution in [-0.2, 0) is 16.1 Å². The molecular formula is C18H29N3O3. The minimum absolute atomic E-state index is 0.0982. The molecule has 0 aliphatic rings. The summed E-state index contributed by atoms with van der Waals surface area (Å²) in [5, 5.41) is 6.22. The van der Waals surface area contributed by atoms with Gasteiger partial charge in [-0.05, 0) is 32.6 Å². The van der Waals surface area contributed by atoms with Crippen molar-refractivity contribution in [1.82, 2.24) is 10.2 Å². The third-order valence-electron chi connectivity index (χ3n) is 3.49. The molecule has 0 saturated carbocycles. The van der Waals surface area contributed by atoms with Gasteiger partial charge in [0.25, 0.3) is 5.91 Å². The van der Waals surface area contributed by atoms with E-state index in [1.54, 1.807) is 0 Å². The number of nitrogens with one attached hydrogen (secondary N) is 2. The van der Waals surface area contributed by atoms with Crippen LogP contribution in [0.3, 0.4) is 0 Å². The Morgan fingerprint density at radius 3 is 2.58 bits per heavy atom. The zero-order valence-corrected chi connectivity index (χ0v) is 15.1. The molecule has 2 N–H and O–H groups in total. The Morgan fingerprint density at radius 1 is 1.21 bits per heavy atom. The fourth-order valence-corrected chi connectivity index (χ4v) is 2.10. The van der Waals surface area contributed by atoms with Gasteiger partial charge in [-0.2, -0.15) is 0 Å². The van der Waals surface area contributed by atoms with Gasteiger partial charge in [0.2, 0.25) is 0 Å². The Bertz CT molecular complexity index is 544. The number of nitrogens with zero attached hydrogens (tertiary/aromatic N) is 1. The van der Waals surface area contributed by atoms with Crippen LogP contribution in [0.1, 0.15) is 42.6 Å². The molecule has 0 atom stereocenters. The Labute approximate surface area is 144 Å². The molecule has 24 heavy (non-hydrogen) atoms. The minimum atomic E-state index is -0.362. The maximum absolute atomic E-state index is 12.5. The van der Waals surface area contributed by atoms with Crippen molar-refractivity contribution >= 4 is 17.6 Å². The smallest absolute Gasteiger partial charge is 0.302 e. The van der Waals surface area contributed by atoms with Gasteiger partial charge in [-0.15, -0.1) is 0 Å². The summed E-state index contributed by atoms with van der Waals surface area (Å²) in [7, 11) is 3.91. The number of ether oxygens (including phenoxy) is 1. The molecule has 0 aromatic heterocycles. The molecule has 0 fully saturated rings. The molecule has 1 aromatic rings. The van der Waals surface area contributed by atoms with Gasteiger partial charge in [0.05, 0.1) is 0 Å². The van der Waals surface area contributed by atoms with E-state index in [1.807, 2.05) is 37.2 Å². The first-order valence-corrected chi connectivity index (χ1v) is 8.37. The Balaban J connectivity index is 2.85. The van der Waals surface area contributed by atoms with Crippen molar-refractivity contribution in [3.63, 3.8) is 0 Å². The summed E-state index contributed by atoms with van der Waals surface area (Å²) in [5.41, 5.74) is 2.14. The highest BCUT2D eigenvalue weighted by atomic mass is 16.5. The number of carbonyl (C=O) groups is 2. The predicted octanol–water partition coefficient (Wildman–Crippen LogP) is 2.25. The van der Waals surface area contributed by atoms with E-state index in [0.717, 1.165) is 31.6 Å². The topological polar surface area (TPSA) is 70.7 Å². The fraction of sp³-hybridized carbons (Fsp3) is 0.556. The number of amides is 1. The van der Waals surface area contributed by atoms with Gasteiger partial charge >= 0.3 is 5.97 Å². The molecule has 1 aromatic carbocycles. The van der Waals surface area contributed by atoms with Crippen molar-refractivity contribution in [2.45, 2.75) is 33.3 Å². The van der Waals surface area contributed by atoms with Crippen molar-refractivity contribution in [2.24, 2.45) is 0 Å². The summed E-state index contributed by atoms with van der Waals surface area (Å²) >= 11 is 0. The normalized spacial score (nSPS) is 10.5. The highest BCUT2D eigenvalue weighted by Gasteiger charge is 2.13. The van der Waals surface area contributed by atoms with Crippen LogP contribution >= 0.6 is 0 Å². The summed E-state index contributed by atoms with van der Waals surface area (Å²) in [6.45, 7) is 5.78. The van der Waals surface area contributed by atoms with Crippen molar-refractivity contribution in [2.75, 3.05) is 39.0 Å². The number of esters is 1. The van der Waals surface area contributed by atoms with Gasteiger partial charge in [-0.3, -0.25) is 9.59 Å². The number of likely N-dealkylation sites (N-methyl/N-ethyl adjacent to an activating group) is 1. The highest BCUT2D eigenvalue weighted by molar-refractivity contribution is 5.96. The highest BCUT2D eigenvalue weighted by Crippen LogP contribution is 2.17. The van der Waals surface area contributed by atoms with E-state index in [0.29, 0.717) is 17.7 Å². The Kier molecular flexibility index (Phi) is 8.86. The summed E-state index contributed by atoms with van der Waals surface area (Å²) in [6.07, 6.45) is 2.18. The lowest BCUT2D eigenvalue weighted by Crippen LogP contribution is -2.32. The maximum atomic E-state index is 12.5. The minimum Gasteiger partial charge on any atom is -0.461 e. The second kappa shape index (κ2) is 10.6. The molecule has 134 valence electrons. The standard InChI is InChI=1S/C18H29N3O3/c1-5-6-9-19-16-8-7-15(13-24-14(2)22)17(12-16)18(23)20-10-11-21(3)4/h7-8,12,19H,5-6,9-11,13H2,1-4H3,(H,20,23). The molecule has 0 aliphatic heterocycles. The molecule has 0 radical (unpaired) electrons. The van der Waals surface area contributed by atoms with Crippen LogP contribution in [0.5, 0.6) is 0 Å². The quantitative estimate of drug-likeness (QED) is 0.507. The number of anilines is 1. The van der Waals surface area contributed by atoms with E-state index < -0.39 is 0 Å². The Hall–Kier alpha value is -2.08. The van der Waals surface area contributed by atoms with Crippen molar-refractivity contribution in [1.29, 1.82) is 0 Å². The van der Waals surface area contributed by atoms with Crippen LogP contribution in [0.2, 0.25) is 0 Å². The van der Waals surface area contributed by atoms with Crippen LogP contribution < -0.4 is 10.6 Å². The molecule has 6 nitrogen and oxygen atoms in total. The van der Waals surface area contributed by atoms with E-state index in [2.05, 4.69) is 17.6 Å². The number of hydrogen-bond acceptors (Lipinski definition) is 5. The van der Waals surface area contributed by atoms with E-state index >= 15 is 0 Å². The molecule has 0 unspecified atom stereocenters. The van der Waals surface area contributed by atoms with Gasteiger partial charge in [-0.1, -0.05) is 19.4 Å². The van der Waals surface area contributed by atoms with Gasteiger partial charge in [0, 0.05) is 43.4 Å². The molecule has 1 rings (SSSR count). The van der Waals surface area contributed by atoms with Crippen molar-refractivity contribution < 1.29 is 14.3 Å². The fourth-order valence-electron chi connectivity index (χ4n) is 2.10. The van der Waals surface area contributed by atoms with Crippen LogP contribution in [0.15, 0.2) is 18.2 Å². The maximum Gasteiger partial charge on any atom is 0.302 e. The largest absolute Gasteiger partial charge is 0.461 e. The van der Waals surface area contributed by atoms with Crippen molar-refractivity contribution in [3.05, 3.63) is 29.3 Å². The zero-order chi connectivity index (χ0) is 17.9. The SMILES string of the molecule is CCCCNc1ccc(COC(C)=O)c(C(=O)NCCN(C)C)c1. The van der Waals surface area contributed by atoms with Gasteiger partial charge < -0.3 is 20.3 Å². The van der Waals surface area contributed by atoms with E-state index in [-0.39, 0.29) is 18.5 Å². The average Bonchev–Trinajstić information content (AvgIpc) is 2.53. The van der Waals surface area contributed by atoms with E-state index in [9.17, 15) is 9.59 Å². The van der Waals surface area contributed by atoms with Crippen molar-refractivity contribution in [3.8, 4) is 0 Å². The van der Waals surface area contributed by atoms with Gasteiger partial charge in [-0.25, -0.2) is 0 Å². The number of hydrogen-bond donors (Lipinski definition) is 2. The summed E-state index contributed by atoms with van der Waals surface area (Å²) in [4.78, 5) is 25.5. The van der Waals surface area contributed by atoms with Crippen LogP contribution in [-0.4, -0.2) is 50.5 Å². The molecule has 0 heterocycles. The number of carbonyl (C=O) groups excluding carboxylic acids is 2. The summed E-state index contributed by atoms with van der Waals surface area (Å²) < 4.78 is 5.05. The number of rotatable bonds is 10.